The van der Waals surface area contributed by atoms with Crippen molar-refractivity contribution in [2.45, 2.75) is 63.8 Å². The second-order valence-corrected chi connectivity index (χ2v) is 11.4. The van der Waals surface area contributed by atoms with Crippen LogP contribution in [0.1, 0.15) is 54.7 Å². The predicted octanol–water partition coefficient (Wildman–Crippen LogP) is 5.49. The van der Waals surface area contributed by atoms with Crippen LogP contribution < -0.4 is 4.90 Å². The monoisotopic (exact) mass is 491 g/mol. The number of thiazole rings is 1. The van der Waals surface area contributed by atoms with E-state index in [1.54, 1.807) is 28.4 Å². The largest absolute Gasteiger partial charge is 0.336 e. The third-order valence-electron chi connectivity index (χ3n) is 7.56. The Morgan fingerprint density at radius 2 is 1.79 bits per heavy atom. The molecule has 0 amide bonds. The molecule has 0 spiro atoms. The van der Waals surface area contributed by atoms with Gasteiger partial charge in [0.05, 0.1) is 18.8 Å². The summed E-state index contributed by atoms with van der Waals surface area (Å²) >= 11 is 1.58. The van der Waals surface area contributed by atoms with Crippen molar-refractivity contribution >= 4 is 22.3 Å². The number of carbonyl (C=O) groups is 1. The SMILES string of the molecule is O=C(Cc1ccc(F)cc1)CC1CCC(CCN2CCc3sc(N4CC(F)(F)C4)nc3C2)CC1. The molecule has 184 valence electrons. The maximum Gasteiger partial charge on any atom is 0.282 e. The summed E-state index contributed by atoms with van der Waals surface area (Å²) < 4.78 is 39.4. The number of Topliss-reactive ketones (excluding diaryl/α,β-unsaturated/α-hetero) is 1. The van der Waals surface area contributed by atoms with Crippen LogP contribution in [-0.4, -0.2) is 47.8 Å². The van der Waals surface area contributed by atoms with Crippen molar-refractivity contribution in [3.8, 4) is 0 Å². The number of hydrogen-bond donors (Lipinski definition) is 0. The van der Waals surface area contributed by atoms with Gasteiger partial charge >= 0.3 is 0 Å². The first-order chi connectivity index (χ1) is 16.3. The van der Waals surface area contributed by atoms with Crippen LogP contribution in [0.15, 0.2) is 24.3 Å². The van der Waals surface area contributed by atoms with Crippen LogP contribution in [0.25, 0.3) is 0 Å². The fraction of sp³-hybridized carbons (Fsp3) is 0.615. The van der Waals surface area contributed by atoms with Crippen LogP contribution in [0.4, 0.5) is 18.3 Å². The maximum atomic E-state index is 13.2. The highest BCUT2D eigenvalue weighted by Crippen LogP contribution is 2.38. The molecule has 2 aliphatic heterocycles. The van der Waals surface area contributed by atoms with Gasteiger partial charge in [-0.1, -0.05) is 25.0 Å². The van der Waals surface area contributed by atoms with Gasteiger partial charge < -0.3 is 4.90 Å². The van der Waals surface area contributed by atoms with E-state index in [1.165, 1.54) is 36.3 Å². The molecule has 8 heteroatoms. The molecule has 1 aromatic carbocycles. The Kier molecular flexibility index (Phi) is 6.98. The minimum absolute atomic E-state index is 0.205. The van der Waals surface area contributed by atoms with Gasteiger partial charge in [-0.2, -0.15) is 0 Å². The highest BCUT2D eigenvalue weighted by Gasteiger charge is 2.45. The third kappa shape index (κ3) is 5.82. The van der Waals surface area contributed by atoms with Gasteiger partial charge in [-0.05, 0) is 61.8 Å². The molecule has 1 aliphatic carbocycles. The minimum atomic E-state index is -2.56. The minimum Gasteiger partial charge on any atom is -0.336 e. The number of benzene rings is 1. The van der Waals surface area contributed by atoms with Crippen LogP contribution in [0, 0.1) is 17.7 Å². The molecular formula is C26H32F3N3OS. The summed E-state index contributed by atoms with van der Waals surface area (Å²) in [5.74, 6) is -1.39. The Morgan fingerprint density at radius 1 is 1.09 bits per heavy atom. The molecule has 1 saturated heterocycles. The van der Waals surface area contributed by atoms with Gasteiger partial charge in [0, 0.05) is 30.8 Å². The molecule has 3 aliphatic rings. The lowest BCUT2D eigenvalue weighted by Crippen LogP contribution is -2.56. The molecular weight excluding hydrogens is 459 g/mol. The van der Waals surface area contributed by atoms with E-state index in [-0.39, 0.29) is 24.7 Å². The number of hydrogen-bond acceptors (Lipinski definition) is 5. The number of fused-ring (bicyclic) bond motifs is 1. The number of aromatic nitrogens is 1. The van der Waals surface area contributed by atoms with Gasteiger partial charge in [-0.3, -0.25) is 9.69 Å². The lowest BCUT2D eigenvalue weighted by atomic mass is 9.78. The fourth-order valence-corrected chi connectivity index (χ4v) is 6.58. The van der Waals surface area contributed by atoms with E-state index in [0.29, 0.717) is 24.7 Å². The van der Waals surface area contributed by atoms with Gasteiger partial charge in [-0.25, -0.2) is 18.2 Å². The van der Waals surface area contributed by atoms with Crippen LogP contribution in [0.5, 0.6) is 0 Å². The second kappa shape index (κ2) is 9.97. The summed E-state index contributed by atoms with van der Waals surface area (Å²) in [5.41, 5.74) is 1.96. The molecule has 2 aromatic rings. The van der Waals surface area contributed by atoms with E-state index in [0.717, 1.165) is 55.3 Å². The van der Waals surface area contributed by atoms with Gasteiger partial charge in [-0.15, -0.1) is 11.3 Å². The van der Waals surface area contributed by atoms with Crippen molar-refractivity contribution in [2.75, 3.05) is 31.1 Å². The van der Waals surface area contributed by atoms with Crippen molar-refractivity contribution in [1.29, 1.82) is 0 Å². The summed E-state index contributed by atoms with van der Waals surface area (Å²) in [6, 6.07) is 6.22. The molecule has 0 N–H and O–H groups in total. The Balaban J connectivity index is 1.01. The van der Waals surface area contributed by atoms with Crippen LogP contribution in [0.2, 0.25) is 0 Å². The molecule has 1 aromatic heterocycles. The van der Waals surface area contributed by atoms with E-state index >= 15 is 0 Å². The Bertz CT molecular complexity index is 993. The second-order valence-electron chi connectivity index (χ2n) is 10.3. The fourth-order valence-electron chi connectivity index (χ4n) is 5.53. The standard InChI is InChI=1S/C26H32F3N3OS/c27-21-7-5-20(6-8-21)14-22(33)13-19-3-1-18(2-4-19)9-11-31-12-10-24-23(15-31)30-25(34-24)32-16-26(28,29)17-32/h5-8,18-19H,1-4,9-17H2. The number of nitrogens with zero attached hydrogens (tertiary/aromatic N) is 3. The normalized spacial score (nSPS) is 24.5. The lowest BCUT2D eigenvalue weighted by Gasteiger charge is -2.38. The summed E-state index contributed by atoms with van der Waals surface area (Å²) in [4.78, 5) is 22.5. The maximum absolute atomic E-state index is 13.2. The number of alkyl halides is 2. The molecule has 4 nitrogen and oxygen atoms in total. The van der Waals surface area contributed by atoms with E-state index in [4.69, 9.17) is 0 Å². The number of ketones is 1. The van der Waals surface area contributed by atoms with Crippen molar-refractivity contribution < 1.29 is 18.0 Å². The van der Waals surface area contributed by atoms with Gasteiger partial charge in [0.2, 0.25) is 0 Å². The first-order valence-electron chi connectivity index (χ1n) is 12.4. The molecule has 2 fully saturated rings. The number of rotatable bonds is 8. The van der Waals surface area contributed by atoms with Crippen LogP contribution in [0.3, 0.4) is 0 Å². The van der Waals surface area contributed by atoms with Crippen molar-refractivity contribution in [1.82, 2.24) is 9.88 Å². The first-order valence-corrected chi connectivity index (χ1v) is 13.2. The first kappa shape index (κ1) is 23.8. The molecule has 0 unspecified atom stereocenters. The van der Waals surface area contributed by atoms with E-state index in [9.17, 15) is 18.0 Å². The van der Waals surface area contributed by atoms with Crippen LogP contribution in [-0.2, 0) is 24.2 Å². The predicted molar refractivity (Wildman–Crippen MR) is 128 cm³/mol. The average Bonchev–Trinajstić information content (AvgIpc) is 3.21. The molecule has 0 radical (unpaired) electrons. The zero-order valence-electron chi connectivity index (χ0n) is 19.4. The lowest BCUT2D eigenvalue weighted by molar-refractivity contribution is -0.119. The summed E-state index contributed by atoms with van der Waals surface area (Å²) in [6.45, 7) is 2.47. The highest BCUT2D eigenvalue weighted by atomic mass is 32.1. The Labute approximate surface area is 203 Å². The van der Waals surface area contributed by atoms with E-state index < -0.39 is 5.92 Å². The molecule has 1 saturated carbocycles. The Hall–Kier alpha value is -1.93. The molecule has 0 bridgehead atoms. The van der Waals surface area contributed by atoms with Gasteiger partial charge in [0.25, 0.3) is 5.92 Å². The van der Waals surface area contributed by atoms with E-state index in [1.807, 2.05) is 0 Å². The number of anilines is 1. The number of halogens is 3. The summed E-state index contributed by atoms with van der Waals surface area (Å²) in [7, 11) is 0. The van der Waals surface area contributed by atoms with Gasteiger partial charge in [0.15, 0.2) is 5.13 Å². The van der Waals surface area contributed by atoms with E-state index in [2.05, 4.69) is 9.88 Å². The third-order valence-corrected chi connectivity index (χ3v) is 8.78. The smallest absolute Gasteiger partial charge is 0.282 e. The number of carbonyl (C=O) groups excluding carboxylic acids is 1. The highest BCUT2D eigenvalue weighted by molar-refractivity contribution is 7.15. The van der Waals surface area contributed by atoms with Crippen LogP contribution >= 0.6 is 11.3 Å². The molecule has 0 atom stereocenters. The topological polar surface area (TPSA) is 36.4 Å². The van der Waals surface area contributed by atoms with Gasteiger partial charge in [0.1, 0.15) is 11.6 Å². The van der Waals surface area contributed by atoms with Crippen molar-refractivity contribution in [2.24, 2.45) is 11.8 Å². The average molecular weight is 492 g/mol. The molecule has 34 heavy (non-hydrogen) atoms. The molecule has 3 heterocycles. The zero-order valence-corrected chi connectivity index (χ0v) is 20.3. The zero-order chi connectivity index (χ0) is 23.7. The summed E-state index contributed by atoms with van der Waals surface area (Å²) in [6.07, 6.45) is 7.74. The Morgan fingerprint density at radius 3 is 2.50 bits per heavy atom. The summed E-state index contributed by atoms with van der Waals surface area (Å²) in [5, 5.41) is 0.755. The quantitative estimate of drug-likeness (QED) is 0.489. The van der Waals surface area contributed by atoms with Crippen molar-refractivity contribution in [3.63, 3.8) is 0 Å². The molecule has 5 rings (SSSR count). The van der Waals surface area contributed by atoms with Crippen molar-refractivity contribution in [3.05, 3.63) is 46.2 Å².